The maximum atomic E-state index is 10.3. The van der Waals surface area contributed by atoms with E-state index < -0.39 is 0 Å². The zero-order chi connectivity index (χ0) is 19.8. The first-order valence-corrected chi connectivity index (χ1v) is 9.35. The van der Waals surface area contributed by atoms with E-state index in [0.717, 1.165) is 28.3 Å². The van der Waals surface area contributed by atoms with Crippen LogP contribution >= 0.6 is 0 Å². The van der Waals surface area contributed by atoms with Crippen LogP contribution < -0.4 is 14.8 Å². The van der Waals surface area contributed by atoms with E-state index in [9.17, 15) is 5.11 Å². The number of allylic oxidation sites excluding steroid dienone is 1. The van der Waals surface area contributed by atoms with Crippen molar-refractivity contribution in [2.24, 2.45) is 0 Å². The summed E-state index contributed by atoms with van der Waals surface area (Å²) in [5.41, 5.74) is 2.82. The van der Waals surface area contributed by atoms with E-state index in [0.29, 0.717) is 25.3 Å². The van der Waals surface area contributed by atoms with Gasteiger partial charge in [-0.25, -0.2) is 0 Å². The zero-order valence-electron chi connectivity index (χ0n) is 16.0. The fraction of sp³-hybridized carbons (Fsp3) is 0.167. The third-order valence-corrected chi connectivity index (χ3v) is 4.21. The van der Waals surface area contributed by atoms with Gasteiger partial charge in [-0.3, -0.25) is 0 Å². The molecule has 4 heteroatoms. The lowest BCUT2D eigenvalue weighted by molar-refractivity contribution is 0.316. The number of para-hydroxylation sites is 1. The molecule has 0 bridgehead atoms. The normalized spacial score (nSPS) is 10.3. The average Bonchev–Trinajstić information content (AvgIpc) is 2.72. The van der Waals surface area contributed by atoms with Gasteiger partial charge in [-0.1, -0.05) is 24.3 Å². The molecule has 2 N–H and O–H groups in total. The molecular formula is C24H25NO3. The number of ether oxygens (including phenoxy) is 2. The highest BCUT2D eigenvalue weighted by atomic mass is 16.5. The largest absolute Gasteiger partial charge is 0.504 e. The van der Waals surface area contributed by atoms with Gasteiger partial charge in [0.25, 0.3) is 0 Å². The first-order valence-electron chi connectivity index (χ1n) is 9.35. The van der Waals surface area contributed by atoms with Crippen LogP contribution in [-0.4, -0.2) is 11.7 Å². The maximum Gasteiger partial charge on any atom is 0.161 e. The lowest BCUT2D eigenvalue weighted by atomic mass is 10.1. The van der Waals surface area contributed by atoms with Gasteiger partial charge >= 0.3 is 0 Å². The van der Waals surface area contributed by atoms with E-state index in [-0.39, 0.29) is 5.75 Å². The summed E-state index contributed by atoms with van der Waals surface area (Å²) in [5, 5.41) is 13.7. The maximum absolute atomic E-state index is 10.3. The number of aromatic hydroxyl groups is 1. The Morgan fingerprint density at radius 1 is 1.00 bits per heavy atom. The Kier molecular flexibility index (Phi) is 6.58. The van der Waals surface area contributed by atoms with E-state index in [2.05, 4.69) is 11.9 Å². The van der Waals surface area contributed by atoms with Gasteiger partial charge in [0.1, 0.15) is 11.5 Å². The molecule has 28 heavy (non-hydrogen) atoms. The molecule has 4 nitrogen and oxygen atoms in total. The first-order chi connectivity index (χ1) is 13.7. The Bertz CT molecular complexity index is 905. The number of benzene rings is 3. The Morgan fingerprint density at radius 3 is 2.39 bits per heavy atom. The van der Waals surface area contributed by atoms with Gasteiger partial charge in [-0.05, 0) is 67.4 Å². The van der Waals surface area contributed by atoms with Crippen LogP contribution in [-0.2, 0) is 13.0 Å². The van der Waals surface area contributed by atoms with Crippen LogP contribution in [0.5, 0.6) is 23.0 Å². The van der Waals surface area contributed by atoms with Crippen LogP contribution in [0.3, 0.4) is 0 Å². The number of phenolic OH excluding ortho intramolecular Hbond substituents is 1. The average molecular weight is 375 g/mol. The van der Waals surface area contributed by atoms with Crippen molar-refractivity contribution in [3.05, 3.63) is 90.5 Å². The molecule has 0 aliphatic heterocycles. The van der Waals surface area contributed by atoms with E-state index in [1.165, 1.54) is 0 Å². The smallest absolute Gasteiger partial charge is 0.161 e. The number of hydrogen-bond donors (Lipinski definition) is 2. The molecule has 0 amide bonds. The highest BCUT2D eigenvalue weighted by Gasteiger charge is 2.10. The zero-order valence-corrected chi connectivity index (χ0v) is 16.0. The predicted molar refractivity (Wildman–Crippen MR) is 113 cm³/mol. The minimum absolute atomic E-state index is 0.188. The van der Waals surface area contributed by atoms with Gasteiger partial charge in [0.15, 0.2) is 11.5 Å². The van der Waals surface area contributed by atoms with Crippen LogP contribution in [0, 0.1) is 0 Å². The lowest BCUT2D eigenvalue weighted by Crippen LogP contribution is -2.02. The SMILES string of the molecule is C=CCc1cc(CNc2ccc(Oc3ccccc3)cc2)cc(OCC)c1O. The fourth-order valence-corrected chi connectivity index (χ4v) is 2.88. The van der Waals surface area contributed by atoms with E-state index >= 15 is 0 Å². The van der Waals surface area contributed by atoms with Gasteiger partial charge < -0.3 is 19.9 Å². The summed E-state index contributed by atoms with van der Waals surface area (Å²) in [6, 6.07) is 21.4. The van der Waals surface area contributed by atoms with Crippen molar-refractivity contribution in [3.8, 4) is 23.0 Å². The summed E-state index contributed by atoms with van der Waals surface area (Å²) in [6.45, 7) is 6.77. The first kappa shape index (κ1) is 19.4. The van der Waals surface area contributed by atoms with Gasteiger partial charge in [0.2, 0.25) is 0 Å². The van der Waals surface area contributed by atoms with E-state index in [1.54, 1.807) is 6.08 Å². The second-order valence-electron chi connectivity index (χ2n) is 6.32. The lowest BCUT2D eigenvalue weighted by Gasteiger charge is -2.14. The molecule has 3 aromatic carbocycles. The molecule has 3 aromatic rings. The Labute approximate surface area is 166 Å². The molecule has 0 radical (unpaired) electrons. The van der Waals surface area contributed by atoms with E-state index in [4.69, 9.17) is 9.47 Å². The van der Waals surface area contributed by atoms with Crippen molar-refractivity contribution in [1.29, 1.82) is 0 Å². The van der Waals surface area contributed by atoms with Crippen molar-refractivity contribution in [3.63, 3.8) is 0 Å². The van der Waals surface area contributed by atoms with Crippen molar-refractivity contribution < 1.29 is 14.6 Å². The predicted octanol–water partition coefficient (Wildman–Crippen LogP) is 5.92. The Hall–Kier alpha value is -3.40. The molecule has 0 heterocycles. The molecule has 0 saturated heterocycles. The Morgan fingerprint density at radius 2 is 1.71 bits per heavy atom. The van der Waals surface area contributed by atoms with Crippen LogP contribution in [0.15, 0.2) is 79.4 Å². The third-order valence-electron chi connectivity index (χ3n) is 4.21. The van der Waals surface area contributed by atoms with Crippen molar-refractivity contribution >= 4 is 5.69 Å². The molecule has 0 atom stereocenters. The molecule has 0 aromatic heterocycles. The second-order valence-corrected chi connectivity index (χ2v) is 6.32. The molecule has 0 aliphatic carbocycles. The molecule has 0 aliphatic rings. The van der Waals surface area contributed by atoms with Gasteiger partial charge in [0, 0.05) is 17.8 Å². The second kappa shape index (κ2) is 9.51. The number of nitrogens with one attached hydrogen (secondary N) is 1. The highest BCUT2D eigenvalue weighted by Crippen LogP contribution is 2.33. The topological polar surface area (TPSA) is 50.7 Å². The Balaban J connectivity index is 1.67. The molecule has 0 spiro atoms. The van der Waals surface area contributed by atoms with Crippen molar-refractivity contribution in [1.82, 2.24) is 0 Å². The molecule has 0 unspecified atom stereocenters. The molecular weight excluding hydrogens is 350 g/mol. The van der Waals surface area contributed by atoms with Gasteiger partial charge in [0.05, 0.1) is 6.61 Å². The van der Waals surface area contributed by atoms with Crippen molar-refractivity contribution in [2.45, 2.75) is 19.9 Å². The number of phenols is 1. The number of anilines is 1. The molecule has 144 valence electrons. The minimum Gasteiger partial charge on any atom is -0.504 e. The molecule has 0 fully saturated rings. The number of rotatable bonds is 9. The van der Waals surface area contributed by atoms with Crippen LogP contribution in [0.25, 0.3) is 0 Å². The van der Waals surface area contributed by atoms with Crippen LogP contribution in [0.2, 0.25) is 0 Å². The minimum atomic E-state index is 0.188. The standard InChI is InChI=1S/C24H25NO3/c1-3-8-19-15-18(16-23(24(19)26)27-4-2)17-25-20-11-13-22(14-12-20)28-21-9-6-5-7-10-21/h3,5-7,9-16,25-26H,1,4,8,17H2,2H3. The van der Waals surface area contributed by atoms with Gasteiger partial charge in [-0.15, -0.1) is 6.58 Å². The third kappa shape index (κ3) is 5.07. The summed E-state index contributed by atoms with van der Waals surface area (Å²) in [4.78, 5) is 0. The van der Waals surface area contributed by atoms with Crippen molar-refractivity contribution in [2.75, 3.05) is 11.9 Å². The van der Waals surface area contributed by atoms with Gasteiger partial charge in [-0.2, -0.15) is 0 Å². The quantitative estimate of drug-likeness (QED) is 0.456. The van der Waals surface area contributed by atoms with Crippen LogP contribution in [0.4, 0.5) is 5.69 Å². The summed E-state index contributed by atoms with van der Waals surface area (Å²) in [6.07, 6.45) is 2.36. The summed E-state index contributed by atoms with van der Waals surface area (Å²) in [5.74, 6) is 2.29. The van der Waals surface area contributed by atoms with E-state index in [1.807, 2.05) is 73.7 Å². The van der Waals surface area contributed by atoms with Crippen LogP contribution in [0.1, 0.15) is 18.1 Å². The molecule has 0 saturated carbocycles. The summed E-state index contributed by atoms with van der Waals surface area (Å²) < 4.78 is 11.4. The molecule has 3 rings (SSSR count). The highest BCUT2D eigenvalue weighted by molar-refractivity contribution is 5.51. The monoisotopic (exact) mass is 375 g/mol. The number of hydrogen-bond acceptors (Lipinski definition) is 4. The fourth-order valence-electron chi connectivity index (χ4n) is 2.88. The summed E-state index contributed by atoms with van der Waals surface area (Å²) in [7, 11) is 0. The summed E-state index contributed by atoms with van der Waals surface area (Å²) >= 11 is 0.